The summed E-state index contributed by atoms with van der Waals surface area (Å²) < 4.78 is 11.6. The molecule has 2 atom stereocenters. The number of carbonyl (C=O) groups is 1. The van der Waals surface area contributed by atoms with Crippen molar-refractivity contribution in [2.45, 2.75) is 38.0 Å². The van der Waals surface area contributed by atoms with Gasteiger partial charge in [-0.05, 0) is 61.6 Å². The normalized spacial score (nSPS) is 22.0. The summed E-state index contributed by atoms with van der Waals surface area (Å²) in [6, 6.07) is 26.1. The highest BCUT2D eigenvalue weighted by Crippen LogP contribution is 2.38. The number of ether oxygens (including phenoxy) is 2. The lowest BCUT2D eigenvalue weighted by Crippen LogP contribution is -2.56. The first-order chi connectivity index (χ1) is 16.1. The van der Waals surface area contributed by atoms with Crippen LogP contribution in [-0.4, -0.2) is 36.7 Å². The van der Waals surface area contributed by atoms with E-state index >= 15 is 0 Å². The average Bonchev–Trinajstić information content (AvgIpc) is 3.37. The molecule has 0 spiro atoms. The number of para-hydroxylation sites is 1. The van der Waals surface area contributed by atoms with Crippen molar-refractivity contribution in [1.82, 2.24) is 4.90 Å². The Labute approximate surface area is 195 Å². The van der Waals surface area contributed by atoms with Crippen LogP contribution in [0.5, 0.6) is 5.75 Å². The lowest BCUT2D eigenvalue weighted by molar-refractivity contribution is 0.0538. The fourth-order valence-corrected chi connectivity index (χ4v) is 4.74. The van der Waals surface area contributed by atoms with Gasteiger partial charge in [0.1, 0.15) is 18.0 Å². The maximum Gasteiger partial charge on any atom is 0.258 e. The van der Waals surface area contributed by atoms with Gasteiger partial charge < -0.3 is 19.7 Å². The van der Waals surface area contributed by atoms with E-state index in [2.05, 4.69) is 36.5 Å². The Kier molecular flexibility index (Phi) is 6.05. The van der Waals surface area contributed by atoms with E-state index in [0.717, 1.165) is 42.9 Å². The molecule has 1 fully saturated rings. The third-order valence-electron chi connectivity index (χ3n) is 6.66. The molecule has 1 saturated heterocycles. The third-order valence-corrected chi connectivity index (χ3v) is 6.66. The third kappa shape index (κ3) is 4.46. The zero-order valence-corrected chi connectivity index (χ0v) is 19.0. The van der Waals surface area contributed by atoms with Crippen molar-refractivity contribution in [2.75, 3.05) is 25.1 Å². The molecule has 1 N–H and O–H groups in total. The number of hydrogen-bond donors (Lipinski definition) is 1. The number of nitrogens with one attached hydrogen (secondary N) is 1. The number of benzene rings is 3. The minimum atomic E-state index is -0.673. The Bertz CT molecular complexity index is 1090. The van der Waals surface area contributed by atoms with E-state index in [1.54, 1.807) is 0 Å². The minimum Gasteiger partial charge on any atom is -0.491 e. The van der Waals surface area contributed by atoms with E-state index < -0.39 is 5.66 Å². The fraction of sp³-hybridized carbons (Fsp3) is 0.321. The van der Waals surface area contributed by atoms with Gasteiger partial charge in [0, 0.05) is 18.8 Å². The number of carbonyl (C=O) groups excluding carboxylic acids is 1. The van der Waals surface area contributed by atoms with Gasteiger partial charge in [-0.15, -0.1) is 0 Å². The number of hydrogen-bond acceptors (Lipinski definition) is 4. The van der Waals surface area contributed by atoms with Crippen LogP contribution >= 0.6 is 0 Å². The van der Waals surface area contributed by atoms with Gasteiger partial charge in [-0.1, -0.05) is 54.6 Å². The van der Waals surface area contributed by atoms with Crippen LogP contribution in [0.15, 0.2) is 78.9 Å². The zero-order valence-electron chi connectivity index (χ0n) is 19.0. The molecule has 0 aliphatic carbocycles. The van der Waals surface area contributed by atoms with Crippen molar-refractivity contribution < 1.29 is 14.3 Å². The molecule has 2 unspecified atom stereocenters. The van der Waals surface area contributed by atoms with Gasteiger partial charge in [0.05, 0.1) is 11.7 Å². The SMILES string of the molecule is CC1(c2ccc(OCC3CCCO3)cc2)Nc2ccccc2C(=O)N1CCc1ccccc1. The van der Waals surface area contributed by atoms with Crippen molar-refractivity contribution in [3.8, 4) is 5.75 Å². The van der Waals surface area contributed by atoms with Crippen LogP contribution in [0, 0.1) is 0 Å². The summed E-state index contributed by atoms with van der Waals surface area (Å²) in [5.41, 5.74) is 3.12. The molecule has 170 valence electrons. The standard InChI is InChI=1S/C28H30N2O3/c1-28(22-13-15-23(16-14-22)33-20-24-10-7-19-32-24)29-26-12-6-5-11-25(26)27(31)30(28)18-17-21-8-3-2-4-9-21/h2-6,8-9,11-16,24,29H,7,10,17-20H2,1H3. The molecule has 0 saturated carbocycles. The van der Waals surface area contributed by atoms with E-state index in [0.29, 0.717) is 18.7 Å². The van der Waals surface area contributed by atoms with Gasteiger partial charge in [-0.3, -0.25) is 4.79 Å². The average molecular weight is 443 g/mol. The van der Waals surface area contributed by atoms with E-state index in [-0.39, 0.29) is 12.0 Å². The predicted molar refractivity (Wildman–Crippen MR) is 130 cm³/mol. The fourth-order valence-electron chi connectivity index (χ4n) is 4.74. The van der Waals surface area contributed by atoms with E-state index in [9.17, 15) is 4.79 Å². The van der Waals surface area contributed by atoms with Gasteiger partial charge in [0.25, 0.3) is 5.91 Å². The summed E-state index contributed by atoms with van der Waals surface area (Å²) >= 11 is 0. The van der Waals surface area contributed by atoms with Crippen molar-refractivity contribution in [2.24, 2.45) is 0 Å². The lowest BCUT2D eigenvalue weighted by atomic mass is 9.93. The molecule has 5 rings (SSSR count). The summed E-state index contributed by atoms with van der Waals surface area (Å²) in [5.74, 6) is 0.859. The number of nitrogens with zero attached hydrogens (tertiary/aromatic N) is 1. The Morgan fingerprint density at radius 2 is 1.79 bits per heavy atom. The molecule has 2 heterocycles. The van der Waals surface area contributed by atoms with Crippen LogP contribution in [0.3, 0.4) is 0 Å². The zero-order chi connectivity index (χ0) is 22.7. The van der Waals surface area contributed by atoms with Gasteiger partial charge in [-0.2, -0.15) is 0 Å². The van der Waals surface area contributed by atoms with Crippen LogP contribution in [0.2, 0.25) is 0 Å². The highest BCUT2D eigenvalue weighted by Gasteiger charge is 2.42. The highest BCUT2D eigenvalue weighted by molar-refractivity contribution is 6.02. The van der Waals surface area contributed by atoms with Gasteiger partial charge in [0.2, 0.25) is 0 Å². The summed E-state index contributed by atoms with van der Waals surface area (Å²) in [6.45, 7) is 4.08. The molecule has 5 nitrogen and oxygen atoms in total. The van der Waals surface area contributed by atoms with Crippen LogP contribution in [-0.2, 0) is 16.8 Å². The second-order valence-electron chi connectivity index (χ2n) is 8.91. The summed E-state index contributed by atoms with van der Waals surface area (Å²) in [4.78, 5) is 15.5. The van der Waals surface area contributed by atoms with E-state index in [1.165, 1.54) is 5.56 Å². The van der Waals surface area contributed by atoms with Gasteiger partial charge in [0.15, 0.2) is 0 Å². The lowest BCUT2D eigenvalue weighted by Gasteiger charge is -2.47. The van der Waals surface area contributed by atoms with Crippen molar-refractivity contribution in [3.05, 3.63) is 95.6 Å². The predicted octanol–water partition coefficient (Wildman–Crippen LogP) is 5.23. The van der Waals surface area contributed by atoms with Gasteiger partial charge in [-0.25, -0.2) is 0 Å². The molecule has 2 aliphatic rings. The number of rotatable bonds is 7. The highest BCUT2D eigenvalue weighted by atomic mass is 16.5. The molecule has 2 aliphatic heterocycles. The van der Waals surface area contributed by atoms with Crippen LogP contribution in [0.1, 0.15) is 41.3 Å². The molecule has 3 aromatic carbocycles. The quantitative estimate of drug-likeness (QED) is 0.545. The maximum absolute atomic E-state index is 13.6. The molecular formula is C28H30N2O3. The van der Waals surface area contributed by atoms with Crippen LogP contribution in [0.4, 0.5) is 5.69 Å². The monoisotopic (exact) mass is 442 g/mol. The number of fused-ring (bicyclic) bond motifs is 1. The Hall–Kier alpha value is -3.31. The van der Waals surface area contributed by atoms with E-state index in [1.807, 2.05) is 59.5 Å². The van der Waals surface area contributed by atoms with Crippen LogP contribution < -0.4 is 10.1 Å². The minimum absolute atomic E-state index is 0.0430. The van der Waals surface area contributed by atoms with Crippen molar-refractivity contribution in [3.63, 3.8) is 0 Å². The van der Waals surface area contributed by atoms with E-state index in [4.69, 9.17) is 9.47 Å². The van der Waals surface area contributed by atoms with Crippen LogP contribution in [0.25, 0.3) is 0 Å². The Balaban J connectivity index is 1.40. The molecule has 0 bridgehead atoms. The summed E-state index contributed by atoms with van der Waals surface area (Å²) in [6.07, 6.45) is 3.13. The second kappa shape index (κ2) is 9.28. The summed E-state index contributed by atoms with van der Waals surface area (Å²) in [7, 11) is 0. The molecule has 3 aromatic rings. The van der Waals surface area contributed by atoms with Crippen molar-refractivity contribution >= 4 is 11.6 Å². The maximum atomic E-state index is 13.6. The summed E-state index contributed by atoms with van der Waals surface area (Å²) in [5, 5.41) is 3.65. The largest absolute Gasteiger partial charge is 0.491 e. The first-order valence-corrected chi connectivity index (χ1v) is 11.7. The second-order valence-corrected chi connectivity index (χ2v) is 8.91. The molecular weight excluding hydrogens is 412 g/mol. The molecule has 5 heteroatoms. The molecule has 1 amide bonds. The Morgan fingerprint density at radius 3 is 2.55 bits per heavy atom. The van der Waals surface area contributed by atoms with Crippen molar-refractivity contribution in [1.29, 1.82) is 0 Å². The number of amides is 1. The molecule has 0 aromatic heterocycles. The number of anilines is 1. The molecule has 0 radical (unpaired) electrons. The molecule has 33 heavy (non-hydrogen) atoms. The topological polar surface area (TPSA) is 50.8 Å². The smallest absolute Gasteiger partial charge is 0.258 e. The first kappa shape index (κ1) is 21.5. The Morgan fingerprint density at radius 1 is 1.03 bits per heavy atom. The first-order valence-electron chi connectivity index (χ1n) is 11.7. The van der Waals surface area contributed by atoms with Gasteiger partial charge >= 0.3 is 0 Å².